The first-order valence-electron chi connectivity index (χ1n) is 8.40. The van der Waals surface area contributed by atoms with Crippen LogP contribution in [0.3, 0.4) is 0 Å². The number of hydrogen-bond acceptors (Lipinski definition) is 3. The molecular weight excluding hydrogens is 451 g/mol. The van der Waals surface area contributed by atoms with Crippen LogP contribution >= 0.6 is 24.0 Å². The van der Waals surface area contributed by atoms with Gasteiger partial charge in [0, 0.05) is 26.7 Å². The normalized spacial score (nSPS) is 12.0. The summed E-state index contributed by atoms with van der Waals surface area (Å²) < 4.78 is 24.8. The van der Waals surface area contributed by atoms with Crippen LogP contribution in [-0.2, 0) is 16.6 Å². The first-order chi connectivity index (χ1) is 11.4. The molecule has 0 aromatic heterocycles. The third kappa shape index (κ3) is 9.41. The minimum atomic E-state index is -3.10. The van der Waals surface area contributed by atoms with Gasteiger partial charge in [-0.25, -0.2) is 17.7 Å². The molecule has 0 fully saturated rings. The average Bonchev–Trinajstić information content (AvgIpc) is 2.56. The van der Waals surface area contributed by atoms with Gasteiger partial charge < -0.3 is 10.6 Å². The Bertz CT molecular complexity index is 635. The molecule has 1 aromatic carbocycles. The molecule has 0 aliphatic carbocycles. The van der Waals surface area contributed by atoms with Crippen molar-refractivity contribution in [2.45, 2.75) is 33.7 Å². The molecule has 0 aliphatic rings. The Hall–Kier alpha value is -0.870. The Morgan fingerprint density at radius 1 is 1.24 bits per heavy atom. The molecule has 0 amide bonds. The Morgan fingerprint density at radius 3 is 2.56 bits per heavy atom. The summed E-state index contributed by atoms with van der Waals surface area (Å²) in [5.41, 5.74) is 2.39. The quantitative estimate of drug-likeness (QED) is 0.245. The van der Waals surface area contributed by atoms with E-state index in [1.807, 2.05) is 13.0 Å². The fourth-order valence-corrected chi connectivity index (χ4v) is 3.04. The number of guanidine groups is 1. The first-order valence-corrected chi connectivity index (χ1v) is 10.0. The van der Waals surface area contributed by atoms with E-state index >= 15 is 0 Å². The van der Waals surface area contributed by atoms with Crippen LogP contribution in [0.15, 0.2) is 29.3 Å². The van der Waals surface area contributed by atoms with Crippen molar-refractivity contribution in [1.29, 1.82) is 0 Å². The summed E-state index contributed by atoms with van der Waals surface area (Å²) in [5.74, 6) is 0.886. The van der Waals surface area contributed by atoms with Crippen LogP contribution < -0.4 is 10.6 Å². The van der Waals surface area contributed by atoms with Gasteiger partial charge in [-0.2, -0.15) is 0 Å². The lowest BCUT2D eigenvalue weighted by molar-refractivity contribution is 0.461. The van der Waals surface area contributed by atoms with Crippen molar-refractivity contribution in [3.8, 4) is 0 Å². The van der Waals surface area contributed by atoms with Gasteiger partial charge in [0.2, 0.25) is 10.0 Å². The standard InChI is InChI=1S/C17H30N4O2S.HI/c1-5-18-17(20-14-16-10-7-9-15(3)13-16)19-11-8-12-21(4)24(22,23)6-2;/h7,9-10,13H,5-6,8,11-12,14H2,1-4H3,(H2,18,19,20);1H. The second-order valence-corrected chi connectivity index (χ2v) is 8.05. The van der Waals surface area contributed by atoms with Crippen LogP contribution in [0.4, 0.5) is 0 Å². The molecule has 0 saturated carbocycles. The van der Waals surface area contributed by atoms with Gasteiger partial charge >= 0.3 is 0 Å². The summed E-state index contributed by atoms with van der Waals surface area (Å²) in [5, 5.41) is 6.45. The van der Waals surface area contributed by atoms with Gasteiger partial charge in [0.1, 0.15) is 0 Å². The highest BCUT2D eigenvalue weighted by atomic mass is 127. The number of halogens is 1. The van der Waals surface area contributed by atoms with E-state index in [0.717, 1.165) is 18.9 Å². The fourth-order valence-electron chi connectivity index (χ4n) is 2.19. The lowest BCUT2D eigenvalue weighted by Crippen LogP contribution is -2.39. The molecule has 1 rings (SSSR count). The zero-order valence-corrected chi connectivity index (χ0v) is 18.7. The summed E-state index contributed by atoms with van der Waals surface area (Å²) >= 11 is 0. The molecule has 25 heavy (non-hydrogen) atoms. The maximum absolute atomic E-state index is 11.7. The van der Waals surface area contributed by atoms with Crippen LogP contribution in [0, 0.1) is 6.92 Å². The van der Waals surface area contributed by atoms with Crippen molar-refractivity contribution >= 4 is 40.0 Å². The first kappa shape index (κ1) is 24.1. The molecule has 0 bridgehead atoms. The molecule has 144 valence electrons. The zero-order valence-electron chi connectivity index (χ0n) is 15.6. The van der Waals surface area contributed by atoms with Gasteiger partial charge in [-0.1, -0.05) is 29.8 Å². The number of hydrogen-bond donors (Lipinski definition) is 2. The highest BCUT2D eigenvalue weighted by Gasteiger charge is 2.13. The van der Waals surface area contributed by atoms with E-state index < -0.39 is 10.0 Å². The maximum atomic E-state index is 11.7. The number of aliphatic imine (C=N–C) groups is 1. The zero-order chi connectivity index (χ0) is 18.0. The van der Waals surface area contributed by atoms with Crippen LogP contribution in [0.2, 0.25) is 0 Å². The number of aryl methyl sites for hydroxylation is 1. The van der Waals surface area contributed by atoms with Gasteiger partial charge in [0.15, 0.2) is 5.96 Å². The molecule has 0 aliphatic heterocycles. The average molecular weight is 482 g/mol. The van der Waals surface area contributed by atoms with Gasteiger partial charge in [-0.05, 0) is 32.8 Å². The third-order valence-electron chi connectivity index (χ3n) is 3.63. The second-order valence-electron chi connectivity index (χ2n) is 5.69. The van der Waals surface area contributed by atoms with Crippen molar-refractivity contribution in [1.82, 2.24) is 14.9 Å². The van der Waals surface area contributed by atoms with E-state index in [1.165, 1.54) is 15.4 Å². The van der Waals surface area contributed by atoms with Crippen LogP contribution in [0.25, 0.3) is 0 Å². The third-order valence-corrected chi connectivity index (χ3v) is 5.49. The summed E-state index contributed by atoms with van der Waals surface area (Å²) in [7, 11) is -1.48. The van der Waals surface area contributed by atoms with Gasteiger partial charge in [-0.15, -0.1) is 24.0 Å². The monoisotopic (exact) mass is 482 g/mol. The van der Waals surface area contributed by atoms with Crippen LogP contribution in [-0.4, -0.2) is 51.1 Å². The molecule has 0 atom stereocenters. The smallest absolute Gasteiger partial charge is 0.213 e. The minimum absolute atomic E-state index is 0. The molecule has 0 radical (unpaired) electrons. The van der Waals surface area contributed by atoms with Gasteiger partial charge in [-0.3, -0.25) is 0 Å². The molecule has 0 heterocycles. The second kappa shape index (κ2) is 12.5. The SMILES string of the molecule is CCNC(=NCc1cccc(C)c1)NCCCN(C)S(=O)(=O)CC.I. The molecule has 6 nitrogen and oxygen atoms in total. The summed E-state index contributed by atoms with van der Waals surface area (Å²) in [6.07, 6.45) is 0.727. The van der Waals surface area contributed by atoms with Crippen molar-refractivity contribution in [3.05, 3.63) is 35.4 Å². The molecule has 0 saturated heterocycles. The number of sulfonamides is 1. The lowest BCUT2D eigenvalue weighted by atomic mass is 10.1. The topological polar surface area (TPSA) is 73.8 Å². The van der Waals surface area contributed by atoms with Crippen LogP contribution in [0.5, 0.6) is 0 Å². The predicted octanol–water partition coefficient (Wildman–Crippen LogP) is 2.34. The fraction of sp³-hybridized carbons (Fsp3) is 0.588. The van der Waals surface area contributed by atoms with Gasteiger partial charge in [0.05, 0.1) is 12.3 Å². The van der Waals surface area contributed by atoms with E-state index in [9.17, 15) is 8.42 Å². The van der Waals surface area contributed by atoms with Crippen molar-refractivity contribution in [2.75, 3.05) is 32.4 Å². The highest BCUT2D eigenvalue weighted by Crippen LogP contribution is 2.05. The predicted molar refractivity (Wildman–Crippen MR) is 116 cm³/mol. The van der Waals surface area contributed by atoms with Crippen LogP contribution in [0.1, 0.15) is 31.4 Å². The molecule has 2 N–H and O–H groups in total. The minimum Gasteiger partial charge on any atom is -0.357 e. The molecular formula is C17H31IN4O2S. The summed E-state index contributed by atoms with van der Waals surface area (Å²) in [4.78, 5) is 4.57. The number of rotatable bonds is 9. The number of nitrogens with zero attached hydrogens (tertiary/aromatic N) is 2. The van der Waals surface area contributed by atoms with E-state index in [1.54, 1.807) is 14.0 Å². The van der Waals surface area contributed by atoms with E-state index in [0.29, 0.717) is 19.6 Å². The Morgan fingerprint density at radius 2 is 1.96 bits per heavy atom. The Balaban J connectivity index is 0.00000576. The number of nitrogens with one attached hydrogen (secondary N) is 2. The van der Waals surface area contributed by atoms with Gasteiger partial charge in [0.25, 0.3) is 0 Å². The van der Waals surface area contributed by atoms with Crippen molar-refractivity contribution in [3.63, 3.8) is 0 Å². The van der Waals surface area contributed by atoms with Crippen molar-refractivity contribution in [2.24, 2.45) is 4.99 Å². The molecule has 8 heteroatoms. The molecule has 0 spiro atoms. The maximum Gasteiger partial charge on any atom is 0.213 e. The van der Waals surface area contributed by atoms with E-state index in [2.05, 4.69) is 40.7 Å². The number of benzene rings is 1. The Labute approximate surface area is 169 Å². The van der Waals surface area contributed by atoms with E-state index in [4.69, 9.17) is 0 Å². The molecule has 0 unspecified atom stereocenters. The lowest BCUT2D eigenvalue weighted by Gasteiger charge is -2.16. The summed E-state index contributed by atoms with van der Waals surface area (Å²) in [6, 6.07) is 8.28. The van der Waals surface area contributed by atoms with Crippen molar-refractivity contribution < 1.29 is 8.42 Å². The molecule has 1 aromatic rings. The Kier molecular flexibility index (Phi) is 12.0. The highest BCUT2D eigenvalue weighted by molar-refractivity contribution is 14.0. The summed E-state index contributed by atoms with van der Waals surface area (Å²) in [6.45, 7) is 8.31. The van der Waals surface area contributed by atoms with E-state index in [-0.39, 0.29) is 29.7 Å². The largest absolute Gasteiger partial charge is 0.357 e.